The Labute approximate surface area is 79.9 Å². The summed E-state index contributed by atoms with van der Waals surface area (Å²) in [5.74, 6) is 0. The zero-order valence-corrected chi connectivity index (χ0v) is 7.41. The lowest BCUT2D eigenvalue weighted by Crippen LogP contribution is -2.18. The van der Waals surface area contributed by atoms with E-state index in [-0.39, 0.29) is 6.04 Å². The SMILES string of the molecule is O=C1NC(c2cccnc2Cl)CO1. The van der Waals surface area contributed by atoms with Gasteiger partial charge in [0.25, 0.3) is 0 Å². The first-order chi connectivity index (χ1) is 6.27. The number of amides is 1. The van der Waals surface area contributed by atoms with E-state index in [0.717, 1.165) is 5.56 Å². The summed E-state index contributed by atoms with van der Waals surface area (Å²) in [6.45, 7) is 0.310. The number of aromatic nitrogens is 1. The number of rotatable bonds is 1. The van der Waals surface area contributed by atoms with Crippen molar-refractivity contribution in [3.05, 3.63) is 29.0 Å². The first-order valence-electron chi connectivity index (χ1n) is 3.81. The van der Waals surface area contributed by atoms with Gasteiger partial charge in [-0.2, -0.15) is 0 Å². The fourth-order valence-electron chi connectivity index (χ4n) is 1.21. The van der Waals surface area contributed by atoms with Crippen LogP contribution in [0.4, 0.5) is 4.79 Å². The van der Waals surface area contributed by atoms with Crippen molar-refractivity contribution in [3.8, 4) is 0 Å². The fraction of sp³-hybridized carbons (Fsp3) is 0.250. The number of nitrogens with one attached hydrogen (secondary N) is 1. The van der Waals surface area contributed by atoms with Crippen molar-refractivity contribution in [3.63, 3.8) is 0 Å². The average molecular weight is 199 g/mol. The maximum Gasteiger partial charge on any atom is 0.407 e. The number of pyridine rings is 1. The molecule has 1 amide bonds. The van der Waals surface area contributed by atoms with Crippen molar-refractivity contribution >= 4 is 17.7 Å². The number of nitrogens with zero attached hydrogens (tertiary/aromatic N) is 1. The maximum absolute atomic E-state index is 10.7. The molecule has 4 nitrogen and oxygen atoms in total. The summed E-state index contributed by atoms with van der Waals surface area (Å²) in [7, 11) is 0. The number of ether oxygens (including phenoxy) is 1. The molecule has 5 heteroatoms. The molecule has 0 radical (unpaired) electrons. The molecule has 68 valence electrons. The molecule has 1 aliphatic rings. The molecule has 1 unspecified atom stereocenters. The summed E-state index contributed by atoms with van der Waals surface area (Å²) >= 11 is 5.83. The van der Waals surface area contributed by atoms with Gasteiger partial charge in [0.15, 0.2) is 0 Å². The molecule has 0 bridgehead atoms. The van der Waals surface area contributed by atoms with Crippen LogP contribution in [-0.2, 0) is 4.74 Å². The van der Waals surface area contributed by atoms with E-state index in [1.54, 1.807) is 12.3 Å². The lowest BCUT2D eigenvalue weighted by atomic mass is 10.1. The smallest absolute Gasteiger partial charge is 0.407 e. The zero-order chi connectivity index (χ0) is 9.26. The minimum atomic E-state index is -0.412. The van der Waals surface area contributed by atoms with Crippen molar-refractivity contribution < 1.29 is 9.53 Å². The topological polar surface area (TPSA) is 51.2 Å². The van der Waals surface area contributed by atoms with Gasteiger partial charge in [-0.1, -0.05) is 17.7 Å². The standard InChI is InChI=1S/C8H7ClN2O2/c9-7-5(2-1-3-10-7)6-4-13-8(12)11-6/h1-3,6H,4H2,(H,11,12). The van der Waals surface area contributed by atoms with E-state index in [1.807, 2.05) is 6.07 Å². The van der Waals surface area contributed by atoms with Crippen LogP contribution in [-0.4, -0.2) is 17.7 Å². The Balaban J connectivity index is 2.26. The number of carbonyl (C=O) groups is 1. The van der Waals surface area contributed by atoms with Gasteiger partial charge in [-0.05, 0) is 6.07 Å². The quantitative estimate of drug-likeness (QED) is 0.696. The van der Waals surface area contributed by atoms with Crippen LogP contribution in [0.2, 0.25) is 5.15 Å². The second-order valence-electron chi connectivity index (χ2n) is 2.68. The van der Waals surface area contributed by atoms with Gasteiger partial charge in [-0.15, -0.1) is 0 Å². The Morgan fingerprint density at radius 2 is 2.54 bits per heavy atom. The number of carbonyl (C=O) groups excluding carboxylic acids is 1. The van der Waals surface area contributed by atoms with Gasteiger partial charge < -0.3 is 10.1 Å². The van der Waals surface area contributed by atoms with Crippen molar-refractivity contribution in [2.45, 2.75) is 6.04 Å². The first-order valence-corrected chi connectivity index (χ1v) is 4.19. The van der Waals surface area contributed by atoms with Gasteiger partial charge >= 0.3 is 6.09 Å². The molecule has 0 aromatic carbocycles. The van der Waals surface area contributed by atoms with Crippen LogP contribution in [0.5, 0.6) is 0 Å². The Morgan fingerprint density at radius 1 is 1.69 bits per heavy atom. The molecule has 1 atom stereocenters. The molecule has 1 N–H and O–H groups in total. The maximum atomic E-state index is 10.7. The summed E-state index contributed by atoms with van der Waals surface area (Å²) in [6, 6.07) is 3.41. The minimum Gasteiger partial charge on any atom is -0.447 e. The van der Waals surface area contributed by atoms with E-state index < -0.39 is 6.09 Å². The summed E-state index contributed by atoms with van der Waals surface area (Å²) in [4.78, 5) is 14.6. The summed E-state index contributed by atoms with van der Waals surface area (Å²) in [5.41, 5.74) is 0.787. The summed E-state index contributed by atoms with van der Waals surface area (Å²) in [6.07, 6.45) is 1.19. The zero-order valence-electron chi connectivity index (χ0n) is 6.66. The van der Waals surface area contributed by atoms with Crippen molar-refractivity contribution in [1.29, 1.82) is 0 Å². The third kappa shape index (κ3) is 1.58. The first kappa shape index (κ1) is 8.31. The number of hydrogen-bond acceptors (Lipinski definition) is 3. The molecule has 1 fully saturated rings. The van der Waals surface area contributed by atoms with Gasteiger partial charge in [-0.25, -0.2) is 9.78 Å². The van der Waals surface area contributed by atoms with Crippen LogP contribution in [0.3, 0.4) is 0 Å². The summed E-state index contributed by atoms with van der Waals surface area (Å²) < 4.78 is 4.74. The highest BCUT2D eigenvalue weighted by atomic mass is 35.5. The van der Waals surface area contributed by atoms with E-state index >= 15 is 0 Å². The number of halogens is 1. The van der Waals surface area contributed by atoms with Crippen LogP contribution < -0.4 is 5.32 Å². The fourth-order valence-corrected chi connectivity index (χ4v) is 1.46. The third-order valence-corrected chi connectivity index (χ3v) is 2.15. The normalized spacial score (nSPS) is 21.0. The molecular weight excluding hydrogens is 192 g/mol. The Morgan fingerprint density at radius 3 is 3.15 bits per heavy atom. The predicted molar refractivity (Wildman–Crippen MR) is 46.5 cm³/mol. The van der Waals surface area contributed by atoms with Crippen molar-refractivity contribution in [2.24, 2.45) is 0 Å². The molecule has 13 heavy (non-hydrogen) atoms. The van der Waals surface area contributed by atoms with Crippen LogP contribution in [0.15, 0.2) is 18.3 Å². The molecular formula is C8H7ClN2O2. The highest BCUT2D eigenvalue weighted by Crippen LogP contribution is 2.23. The Kier molecular flexibility index (Phi) is 2.06. The van der Waals surface area contributed by atoms with E-state index in [9.17, 15) is 4.79 Å². The van der Waals surface area contributed by atoms with Gasteiger partial charge in [0.1, 0.15) is 11.8 Å². The van der Waals surface area contributed by atoms with E-state index in [2.05, 4.69) is 10.3 Å². The highest BCUT2D eigenvalue weighted by Gasteiger charge is 2.25. The second kappa shape index (κ2) is 3.22. The lowest BCUT2D eigenvalue weighted by molar-refractivity contribution is 0.177. The third-order valence-electron chi connectivity index (χ3n) is 1.84. The number of cyclic esters (lactones) is 1. The van der Waals surface area contributed by atoms with Gasteiger partial charge in [0.05, 0.1) is 6.04 Å². The second-order valence-corrected chi connectivity index (χ2v) is 3.04. The van der Waals surface area contributed by atoms with Gasteiger partial charge in [-0.3, -0.25) is 0 Å². The Bertz CT molecular complexity index is 343. The number of hydrogen-bond donors (Lipinski definition) is 1. The molecule has 0 saturated carbocycles. The minimum absolute atomic E-state index is 0.173. The molecule has 2 rings (SSSR count). The van der Waals surface area contributed by atoms with Crippen LogP contribution in [0.25, 0.3) is 0 Å². The highest BCUT2D eigenvalue weighted by molar-refractivity contribution is 6.30. The van der Waals surface area contributed by atoms with Crippen LogP contribution >= 0.6 is 11.6 Å². The molecule has 1 aromatic heterocycles. The molecule has 0 spiro atoms. The molecule has 0 aliphatic carbocycles. The molecule has 2 heterocycles. The molecule has 1 aliphatic heterocycles. The monoisotopic (exact) mass is 198 g/mol. The van der Waals surface area contributed by atoms with E-state index in [1.165, 1.54) is 0 Å². The molecule has 1 aromatic rings. The largest absolute Gasteiger partial charge is 0.447 e. The number of alkyl carbamates (subject to hydrolysis) is 1. The van der Waals surface area contributed by atoms with Crippen LogP contribution in [0, 0.1) is 0 Å². The van der Waals surface area contributed by atoms with Crippen molar-refractivity contribution in [1.82, 2.24) is 10.3 Å². The van der Waals surface area contributed by atoms with Gasteiger partial charge in [0.2, 0.25) is 0 Å². The van der Waals surface area contributed by atoms with Gasteiger partial charge in [0, 0.05) is 11.8 Å². The lowest BCUT2D eigenvalue weighted by Gasteiger charge is -2.07. The van der Waals surface area contributed by atoms with Crippen LogP contribution in [0.1, 0.15) is 11.6 Å². The summed E-state index contributed by atoms with van der Waals surface area (Å²) in [5, 5.41) is 3.03. The Hall–Kier alpha value is -1.29. The van der Waals surface area contributed by atoms with E-state index in [0.29, 0.717) is 11.8 Å². The predicted octanol–water partition coefficient (Wildman–Crippen LogP) is 1.52. The average Bonchev–Trinajstić information content (AvgIpc) is 2.53. The van der Waals surface area contributed by atoms with E-state index in [4.69, 9.17) is 16.3 Å². The molecule has 1 saturated heterocycles. The van der Waals surface area contributed by atoms with Crippen molar-refractivity contribution in [2.75, 3.05) is 6.61 Å².